The van der Waals surface area contributed by atoms with Crippen LogP contribution in [-0.4, -0.2) is 5.78 Å². The summed E-state index contributed by atoms with van der Waals surface area (Å²) in [6.07, 6.45) is 7.60. The van der Waals surface area contributed by atoms with Gasteiger partial charge in [0.25, 0.3) is 0 Å². The summed E-state index contributed by atoms with van der Waals surface area (Å²) in [5.74, 6) is 1.94. The molecule has 3 rings (SSSR count). The molecule has 0 aromatic carbocycles. The molecule has 1 aromatic rings. The predicted octanol–water partition coefficient (Wildman–Crippen LogP) is 3.08. The lowest BCUT2D eigenvalue weighted by atomic mass is 9.57. The third kappa shape index (κ3) is 1.36. The molecule has 0 unspecified atom stereocenters. The molecule has 90 valence electrons. The second kappa shape index (κ2) is 3.34. The molecule has 0 spiro atoms. The molecule has 0 radical (unpaired) electrons. The quantitative estimate of drug-likeness (QED) is 0.685. The molecular formula is C15H18O2. The van der Waals surface area contributed by atoms with Crippen LogP contribution in [-0.2, 0) is 17.6 Å². The highest BCUT2D eigenvalue weighted by Gasteiger charge is 2.47. The molecule has 2 heteroatoms. The highest BCUT2D eigenvalue weighted by Crippen LogP contribution is 2.49. The van der Waals surface area contributed by atoms with Gasteiger partial charge in [-0.2, -0.15) is 0 Å². The Labute approximate surface area is 102 Å². The van der Waals surface area contributed by atoms with E-state index < -0.39 is 0 Å². The van der Waals surface area contributed by atoms with Gasteiger partial charge < -0.3 is 4.42 Å². The molecule has 2 aliphatic rings. The molecule has 17 heavy (non-hydrogen) atoms. The van der Waals surface area contributed by atoms with Gasteiger partial charge in [-0.1, -0.05) is 19.9 Å². The Morgan fingerprint density at radius 3 is 3.00 bits per heavy atom. The minimum Gasteiger partial charge on any atom is -0.469 e. The topological polar surface area (TPSA) is 30.2 Å². The van der Waals surface area contributed by atoms with Crippen molar-refractivity contribution in [2.75, 3.05) is 0 Å². The molecular weight excluding hydrogens is 212 g/mol. The summed E-state index contributed by atoms with van der Waals surface area (Å²) in [5.41, 5.74) is 2.63. The lowest BCUT2D eigenvalue weighted by Gasteiger charge is -2.45. The Bertz CT molecular complexity index is 509. The summed E-state index contributed by atoms with van der Waals surface area (Å²) < 4.78 is 5.62. The maximum Gasteiger partial charge on any atom is 0.158 e. The van der Waals surface area contributed by atoms with E-state index in [1.165, 1.54) is 11.1 Å². The molecule has 0 bridgehead atoms. The van der Waals surface area contributed by atoms with E-state index >= 15 is 0 Å². The lowest BCUT2D eigenvalue weighted by molar-refractivity contribution is -0.123. The number of carbonyl (C=O) groups excluding carboxylic acids is 1. The van der Waals surface area contributed by atoms with Crippen molar-refractivity contribution in [2.45, 2.75) is 33.6 Å². The average molecular weight is 230 g/mol. The Morgan fingerprint density at radius 2 is 2.24 bits per heavy atom. The van der Waals surface area contributed by atoms with Crippen molar-refractivity contribution in [3.05, 3.63) is 35.3 Å². The lowest BCUT2D eigenvalue weighted by Crippen LogP contribution is -2.44. The summed E-state index contributed by atoms with van der Waals surface area (Å²) in [6, 6.07) is 0. The zero-order chi connectivity index (χ0) is 12.2. The molecule has 1 heterocycles. The number of ketones is 1. The first kappa shape index (κ1) is 10.8. The summed E-state index contributed by atoms with van der Waals surface area (Å²) in [4.78, 5) is 11.9. The maximum absolute atomic E-state index is 11.9. The van der Waals surface area contributed by atoms with Crippen LogP contribution in [0.25, 0.3) is 0 Å². The van der Waals surface area contributed by atoms with Crippen molar-refractivity contribution in [3.63, 3.8) is 0 Å². The van der Waals surface area contributed by atoms with Crippen LogP contribution in [0.1, 0.15) is 30.7 Å². The highest BCUT2D eigenvalue weighted by molar-refractivity contribution is 5.93. The zero-order valence-electron chi connectivity index (χ0n) is 10.6. The number of fused-ring (bicyclic) bond motifs is 2. The van der Waals surface area contributed by atoms with Crippen molar-refractivity contribution < 1.29 is 9.21 Å². The summed E-state index contributed by atoms with van der Waals surface area (Å²) in [5, 5.41) is 0. The van der Waals surface area contributed by atoms with E-state index in [0.29, 0.717) is 5.92 Å². The van der Waals surface area contributed by atoms with Crippen molar-refractivity contribution in [2.24, 2.45) is 17.3 Å². The average Bonchev–Trinajstić information content (AvgIpc) is 2.64. The van der Waals surface area contributed by atoms with Crippen LogP contribution in [0.5, 0.6) is 0 Å². The monoisotopic (exact) mass is 230 g/mol. The van der Waals surface area contributed by atoms with Crippen molar-refractivity contribution in [1.29, 1.82) is 0 Å². The summed E-state index contributed by atoms with van der Waals surface area (Å²) >= 11 is 0. The molecule has 1 aromatic heterocycles. The van der Waals surface area contributed by atoms with Crippen LogP contribution in [0.2, 0.25) is 0 Å². The summed E-state index contributed by atoms with van der Waals surface area (Å²) in [6.45, 7) is 6.41. The Morgan fingerprint density at radius 1 is 1.47 bits per heavy atom. The number of rotatable bonds is 0. The third-order valence-corrected chi connectivity index (χ3v) is 4.91. The molecule has 0 saturated heterocycles. The third-order valence-electron chi connectivity index (χ3n) is 4.91. The first-order valence-electron chi connectivity index (χ1n) is 6.30. The van der Waals surface area contributed by atoms with Gasteiger partial charge in [0.2, 0.25) is 0 Å². The summed E-state index contributed by atoms with van der Waals surface area (Å²) in [7, 11) is 0. The van der Waals surface area contributed by atoms with Gasteiger partial charge in [0.05, 0.1) is 6.26 Å². The van der Waals surface area contributed by atoms with Gasteiger partial charge in [-0.25, -0.2) is 0 Å². The first-order valence-corrected chi connectivity index (χ1v) is 6.30. The normalized spacial score (nSPS) is 35.6. The molecule has 3 atom stereocenters. The minimum absolute atomic E-state index is 0.0630. The van der Waals surface area contributed by atoms with E-state index in [9.17, 15) is 4.79 Å². The first-order chi connectivity index (χ1) is 8.02. The van der Waals surface area contributed by atoms with Crippen LogP contribution < -0.4 is 0 Å². The van der Waals surface area contributed by atoms with Gasteiger partial charge in [0, 0.05) is 12.3 Å². The van der Waals surface area contributed by atoms with Gasteiger partial charge in [0.1, 0.15) is 5.76 Å². The largest absolute Gasteiger partial charge is 0.469 e. The Hall–Kier alpha value is -1.31. The van der Waals surface area contributed by atoms with E-state index in [1.54, 1.807) is 6.08 Å². The van der Waals surface area contributed by atoms with E-state index in [1.807, 2.05) is 6.26 Å². The zero-order valence-corrected chi connectivity index (χ0v) is 10.6. The fourth-order valence-corrected chi connectivity index (χ4v) is 3.32. The molecule has 0 saturated carbocycles. The second-order valence-electron chi connectivity index (χ2n) is 5.80. The van der Waals surface area contributed by atoms with Crippen molar-refractivity contribution >= 4 is 5.78 Å². The van der Waals surface area contributed by atoms with Gasteiger partial charge in [0.15, 0.2) is 5.78 Å². The van der Waals surface area contributed by atoms with Gasteiger partial charge >= 0.3 is 0 Å². The number of hydrogen-bond acceptors (Lipinski definition) is 2. The van der Waals surface area contributed by atoms with E-state index in [0.717, 1.165) is 18.6 Å². The molecule has 2 aliphatic carbocycles. The van der Waals surface area contributed by atoms with Crippen LogP contribution in [0.3, 0.4) is 0 Å². The van der Waals surface area contributed by atoms with Crippen molar-refractivity contribution in [1.82, 2.24) is 0 Å². The highest BCUT2D eigenvalue weighted by atomic mass is 16.3. The number of hydrogen-bond donors (Lipinski definition) is 0. The van der Waals surface area contributed by atoms with Crippen LogP contribution >= 0.6 is 0 Å². The molecule has 2 nitrogen and oxygen atoms in total. The van der Waals surface area contributed by atoms with Gasteiger partial charge in [-0.3, -0.25) is 4.79 Å². The molecule has 0 amide bonds. The Kier molecular flexibility index (Phi) is 2.13. The molecule has 0 aliphatic heterocycles. The van der Waals surface area contributed by atoms with Crippen molar-refractivity contribution in [3.8, 4) is 0 Å². The standard InChI is InChI=1S/C15H18O2/c1-9-8-17-14-6-11-4-5-13(16)10(2)15(11,3)7-12(9)14/h4-5,8,10-11H,6-7H2,1-3H3/t10-,11-,15-/m0/s1. The number of aryl methyl sites for hydroxylation is 1. The predicted molar refractivity (Wildman–Crippen MR) is 65.8 cm³/mol. The van der Waals surface area contributed by atoms with Crippen LogP contribution in [0, 0.1) is 24.2 Å². The second-order valence-corrected chi connectivity index (χ2v) is 5.80. The van der Waals surface area contributed by atoms with Crippen LogP contribution in [0.4, 0.5) is 0 Å². The molecule has 0 N–H and O–H groups in total. The fourth-order valence-electron chi connectivity index (χ4n) is 3.32. The van der Waals surface area contributed by atoms with Gasteiger partial charge in [-0.05, 0) is 41.9 Å². The number of carbonyl (C=O) groups is 1. The fraction of sp³-hybridized carbons (Fsp3) is 0.533. The number of furan rings is 1. The van der Waals surface area contributed by atoms with Gasteiger partial charge in [-0.15, -0.1) is 0 Å². The SMILES string of the molecule is Cc1coc2c1C[C@]1(C)[C@@H](C=CC(=O)[C@@H]1C)C2. The maximum atomic E-state index is 11.9. The van der Waals surface area contributed by atoms with E-state index in [4.69, 9.17) is 4.42 Å². The minimum atomic E-state index is 0.0630. The molecule has 0 fully saturated rings. The Balaban J connectivity index is 2.09. The number of allylic oxidation sites excluding steroid dienone is 2. The van der Waals surface area contributed by atoms with E-state index in [-0.39, 0.29) is 17.1 Å². The smallest absolute Gasteiger partial charge is 0.158 e. The van der Waals surface area contributed by atoms with Crippen LogP contribution in [0.15, 0.2) is 22.8 Å². The van der Waals surface area contributed by atoms with E-state index in [2.05, 4.69) is 26.8 Å².